The minimum atomic E-state index is -1.09. The van der Waals surface area contributed by atoms with Crippen LogP contribution in [-0.2, 0) is 6.54 Å². The van der Waals surface area contributed by atoms with Gasteiger partial charge < -0.3 is 10.0 Å². The molecule has 0 saturated heterocycles. The summed E-state index contributed by atoms with van der Waals surface area (Å²) in [5, 5.41) is 8.88. The minimum absolute atomic E-state index is 0.0158. The van der Waals surface area contributed by atoms with Crippen LogP contribution in [-0.4, -0.2) is 29.6 Å². The van der Waals surface area contributed by atoms with Crippen LogP contribution in [0.15, 0.2) is 18.2 Å². The van der Waals surface area contributed by atoms with Gasteiger partial charge in [0.15, 0.2) is 0 Å². The van der Waals surface area contributed by atoms with Gasteiger partial charge in [0.1, 0.15) is 5.82 Å². The summed E-state index contributed by atoms with van der Waals surface area (Å²) < 4.78 is 13.3. The molecule has 0 bridgehead atoms. The zero-order valence-corrected chi connectivity index (χ0v) is 10.5. The van der Waals surface area contributed by atoms with Crippen molar-refractivity contribution in [3.63, 3.8) is 0 Å². The van der Waals surface area contributed by atoms with Gasteiger partial charge in [0.2, 0.25) is 0 Å². The van der Waals surface area contributed by atoms with E-state index in [-0.39, 0.29) is 5.56 Å². The summed E-state index contributed by atoms with van der Waals surface area (Å²) in [6, 6.07) is 4.00. The van der Waals surface area contributed by atoms with E-state index in [0.717, 1.165) is 18.5 Å². The van der Waals surface area contributed by atoms with Gasteiger partial charge in [0.25, 0.3) is 0 Å². The van der Waals surface area contributed by atoms with Crippen LogP contribution in [0.1, 0.15) is 35.2 Å². The van der Waals surface area contributed by atoms with Crippen LogP contribution >= 0.6 is 0 Å². The van der Waals surface area contributed by atoms with Crippen molar-refractivity contribution >= 4 is 5.97 Å². The number of nitrogens with zero attached hydrogens (tertiary/aromatic N) is 1. The van der Waals surface area contributed by atoms with E-state index in [0.29, 0.717) is 12.1 Å². The van der Waals surface area contributed by atoms with Crippen molar-refractivity contribution in [3.8, 4) is 0 Å². The molecule has 2 rings (SSSR count). The molecule has 0 radical (unpaired) electrons. The number of carboxylic acids is 1. The fourth-order valence-electron chi connectivity index (χ4n) is 2.36. The summed E-state index contributed by atoms with van der Waals surface area (Å²) in [5.41, 5.74) is 0.733. The molecule has 1 fully saturated rings. The van der Waals surface area contributed by atoms with Crippen molar-refractivity contribution in [2.24, 2.45) is 5.92 Å². The predicted molar refractivity (Wildman–Crippen MR) is 67.0 cm³/mol. The first kappa shape index (κ1) is 13.0. The fraction of sp³-hybridized carbons (Fsp3) is 0.500. The highest BCUT2D eigenvalue weighted by molar-refractivity contribution is 5.87. The molecule has 0 atom stereocenters. The molecule has 1 aliphatic carbocycles. The van der Waals surface area contributed by atoms with E-state index in [1.807, 2.05) is 7.05 Å². The lowest BCUT2D eigenvalue weighted by Gasteiger charge is -2.30. The highest BCUT2D eigenvalue weighted by Crippen LogP contribution is 2.27. The van der Waals surface area contributed by atoms with Crippen molar-refractivity contribution in [3.05, 3.63) is 35.1 Å². The average molecular weight is 251 g/mol. The van der Waals surface area contributed by atoms with Crippen LogP contribution in [0, 0.1) is 11.7 Å². The van der Waals surface area contributed by atoms with Crippen LogP contribution in [0.4, 0.5) is 4.39 Å². The van der Waals surface area contributed by atoms with Crippen molar-refractivity contribution in [1.82, 2.24) is 4.90 Å². The molecular weight excluding hydrogens is 233 g/mol. The van der Waals surface area contributed by atoms with E-state index in [1.165, 1.54) is 25.3 Å². The number of benzene rings is 1. The van der Waals surface area contributed by atoms with E-state index in [1.54, 1.807) is 6.07 Å². The van der Waals surface area contributed by atoms with Gasteiger partial charge in [-0.3, -0.25) is 0 Å². The van der Waals surface area contributed by atoms with Gasteiger partial charge in [-0.15, -0.1) is 0 Å². The summed E-state index contributed by atoms with van der Waals surface area (Å²) in [6.45, 7) is 1.59. The van der Waals surface area contributed by atoms with Gasteiger partial charge in [0, 0.05) is 13.1 Å². The lowest BCUT2D eigenvalue weighted by Crippen LogP contribution is -2.29. The first-order valence-corrected chi connectivity index (χ1v) is 6.26. The Kier molecular flexibility index (Phi) is 3.97. The third kappa shape index (κ3) is 3.29. The Morgan fingerprint density at radius 3 is 2.72 bits per heavy atom. The SMILES string of the molecule is CN(Cc1cc(F)cc(C(=O)O)c1)CC1CCC1. The summed E-state index contributed by atoms with van der Waals surface area (Å²) in [5.74, 6) is -0.818. The molecule has 0 unspecified atom stereocenters. The second-order valence-electron chi connectivity index (χ2n) is 5.15. The summed E-state index contributed by atoms with van der Waals surface area (Å²) >= 11 is 0. The van der Waals surface area contributed by atoms with Crippen LogP contribution < -0.4 is 0 Å². The molecular formula is C14H18FNO2. The number of hydrogen-bond acceptors (Lipinski definition) is 2. The number of aromatic carboxylic acids is 1. The van der Waals surface area contributed by atoms with Crippen molar-refractivity contribution in [1.29, 1.82) is 0 Å². The molecule has 0 spiro atoms. The smallest absolute Gasteiger partial charge is 0.335 e. The van der Waals surface area contributed by atoms with Gasteiger partial charge in [-0.1, -0.05) is 6.42 Å². The van der Waals surface area contributed by atoms with Crippen molar-refractivity contribution < 1.29 is 14.3 Å². The van der Waals surface area contributed by atoms with Gasteiger partial charge in [-0.2, -0.15) is 0 Å². The maximum atomic E-state index is 13.3. The molecule has 3 nitrogen and oxygen atoms in total. The largest absolute Gasteiger partial charge is 0.478 e. The lowest BCUT2D eigenvalue weighted by atomic mass is 9.85. The molecule has 4 heteroatoms. The van der Waals surface area contributed by atoms with E-state index < -0.39 is 11.8 Å². The minimum Gasteiger partial charge on any atom is -0.478 e. The molecule has 0 aromatic heterocycles. The Labute approximate surface area is 106 Å². The molecule has 98 valence electrons. The Bertz CT molecular complexity index is 443. The molecule has 1 aromatic rings. The van der Waals surface area contributed by atoms with Gasteiger partial charge >= 0.3 is 5.97 Å². The molecule has 1 saturated carbocycles. The Morgan fingerprint density at radius 1 is 1.44 bits per heavy atom. The number of carboxylic acid groups (broad SMARTS) is 1. The zero-order chi connectivity index (χ0) is 13.1. The van der Waals surface area contributed by atoms with Crippen molar-refractivity contribution in [2.75, 3.05) is 13.6 Å². The molecule has 1 N–H and O–H groups in total. The van der Waals surface area contributed by atoms with E-state index >= 15 is 0 Å². The van der Waals surface area contributed by atoms with E-state index in [4.69, 9.17) is 5.11 Å². The predicted octanol–water partition coefficient (Wildman–Crippen LogP) is 2.76. The second kappa shape index (κ2) is 5.48. The fourth-order valence-corrected chi connectivity index (χ4v) is 2.36. The van der Waals surface area contributed by atoms with Crippen LogP contribution in [0.3, 0.4) is 0 Å². The van der Waals surface area contributed by atoms with Crippen LogP contribution in [0.5, 0.6) is 0 Å². The Morgan fingerprint density at radius 2 is 2.17 bits per heavy atom. The van der Waals surface area contributed by atoms with Gasteiger partial charge in [-0.05, 0) is 49.6 Å². The lowest BCUT2D eigenvalue weighted by molar-refractivity contribution is 0.0696. The normalized spacial score (nSPS) is 15.7. The topological polar surface area (TPSA) is 40.5 Å². The second-order valence-corrected chi connectivity index (χ2v) is 5.15. The maximum Gasteiger partial charge on any atom is 0.335 e. The van der Waals surface area contributed by atoms with Crippen LogP contribution in [0.25, 0.3) is 0 Å². The van der Waals surface area contributed by atoms with Gasteiger partial charge in [-0.25, -0.2) is 9.18 Å². The standard InChI is InChI=1S/C14H18FNO2/c1-16(8-10-3-2-4-10)9-11-5-12(14(17)18)7-13(15)6-11/h5-7,10H,2-4,8-9H2,1H3,(H,17,18). The maximum absolute atomic E-state index is 13.3. The Balaban J connectivity index is 2.00. The van der Waals surface area contributed by atoms with Crippen molar-refractivity contribution in [2.45, 2.75) is 25.8 Å². The third-order valence-corrected chi connectivity index (χ3v) is 3.45. The first-order valence-electron chi connectivity index (χ1n) is 6.26. The van der Waals surface area contributed by atoms with E-state index in [9.17, 15) is 9.18 Å². The first-order chi connectivity index (χ1) is 8.54. The number of halogens is 1. The number of hydrogen-bond donors (Lipinski definition) is 1. The highest BCUT2D eigenvalue weighted by atomic mass is 19.1. The van der Waals surface area contributed by atoms with Gasteiger partial charge in [0.05, 0.1) is 5.56 Å². The Hall–Kier alpha value is -1.42. The molecule has 0 aliphatic heterocycles. The van der Waals surface area contributed by atoms with E-state index in [2.05, 4.69) is 4.90 Å². The van der Waals surface area contributed by atoms with Crippen LogP contribution in [0.2, 0.25) is 0 Å². The molecule has 18 heavy (non-hydrogen) atoms. The molecule has 0 amide bonds. The molecule has 1 aliphatic rings. The highest BCUT2D eigenvalue weighted by Gasteiger charge is 2.19. The number of carbonyl (C=O) groups is 1. The molecule has 1 aromatic carbocycles. The zero-order valence-electron chi connectivity index (χ0n) is 10.5. The summed E-state index contributed by atoms with van der Waals surface area (Å²) in [6.07, 6.45) is 3.85. The monoisotopic (exact) mass is 251 g/mol. The average Bonchev–Trinajstić information content (AvgIpc) is 2.22. The number of rotatable bonds is 5. The third-order valence-electron chi connectivity index (χ3n) is 3.45. The quantitative estimate of drug-likeness (QED) is 0.874. The summed E-state index contributed by atoms with van der Waals surface area (Å²) in [4.78, 5) is 13.0. The molecule has 0 heterocycles. The summed E-state index contributed by atoms with van der Waals surface area (Å²) in [7, 11) is 1.99.